The zero-order valence-corrected chi connectivity index (χ0v) is 15.0. The Balaban J connectivity index is 1.82. The minimum atomic E-state index is -0.856. The van der Waals surface area contributed by atoms with Crippen LogP contribution in [0.2, 0.25) is 0 Å². The number of aryl methyl sites for hydroxylation is 1. The molecule has 1 aromatic heterocycles. The minimum absolute atomic E-state index is 0.112. The number of nitrogens with zero attached hydrogens (tertiary/aromatic N) is 2. The first-order valence-corrected chi connectivity index (χ1v) is 8.46. The summed E-state index contributed by atoms with van der Waals surface area (Å²) in [6.07, 6.45) is 0.598. The molecule has 0 aliphatic carbocycles. The minimum Gasteiger partial charge on any atom is -0.441 e. The van der Waals surface area contributed by atoms with Gasteiger partial charge < -0.3 is 9.73 Å². The highest BCUT2D eigenvalue weighted by Crippen LogP contribution is 2.28. The van der Waals surface area contributed by atoms with E-state index in [1.165, 1.54) is 4.90 Å². The Morgan fingerprint density at radius 1 is 1.24 bits per heavy atom. The van der Waals surface area contributed by atoms with E-state index in [-0.39, 0.29) is 18.5 Å². The number of nitrogens with one attached hydrogen (secondary N) is 1. The van der Waals surface area contributed by atoms with Gasteiger partial charge in [0.25, 0.3) is 5.91 Å². The van der Waals surface area contributed by atoms with Gasteiger partial charge >= 0.3 is 6.03 Å². The SMILES string of the molecule is Cc1oc(-c2ccccc2)nc1CN1C(=O)NC(C)(CC(C)C)C1=O. The molecular formula is C19H23N3O3. The molecule has 1 aliphatic rings. The van der Waals surface area contributed by atoms with E-state index in [0.29, 0.717) is 29.7 Å². The fourth-order valence-corrected chi connectivity index (χ4v) is 3.27. The first-order chi connectivity index (χ1) is 11.8. The molecule has 0 radical (unpaired) electrons. The van der Waals surface area contributed by atoms with E-state index >= 15 is 0 Å². The average molecular weight is 341 g/mol. The molecule has 0 spiro atoms. The topological polar surface area (TPSA) is 75.4 Å². The molecule has 1 N–H and O–H groups in total. The number of hydrogen-bond acceptors (Lipinski definition) is 4. The van der Waals surface area contributed by atoms with Crippen LogP contribution >= 0.6 is 0 Å². The number of benzene rings is 1. The molecule has 1 aliphatic heterocycles. The number of carbonyl (C=O) groups is 2. The molecule has 0 saturated carbocycles. The Labute approximate surface area is 147 Å². The summed E-state index contributed by atoms with van der Waals surface area (Å²) in [5, 5.41) is 2.82. The highest BCUT2D eigenvalue weighted by Gasteiger charge is 2.48. The normalized spacial score (nSPS) is 20.4. The van der Waals surface area contributed by atoms with E-state index in [1.807, 2.05) is 44.2 Å². The van der Waals surface area contributed by atoms with Crippen LogP contribution in [-0.4, -0.2) is 27.4 Å². The smallest absolute Gasteiger partial charge is 0.325 e. The van der Waals surface area contributed by atoms with Crippen LogP contribution < -0.4 is 5.32 Å². The van der Waals surface area contributed by atoms with Crippen molar-refractivity contribution in [2.45, 2.75) is 46.2 Å². The average Bonchev–Trinajstić information content (AvgIpc) is 3.01. The van der Waals surface area contributed by atoms with Gasteiger partial charge in [-0.1, -0.05) is 32.0 Å². The van der Waals surface area contributed by atoms with Crippen molar-refractivity contribution in [2.75, 3.05) is 0 Å². The van der Waals surface area contributed by atoms with Crippen molar-refractivity contribution < 1.29 is 14.0 Å². The molecule has 3 amide bonds. The summed E-state index contributed by atoms with van der Waals surface area (Å²) in [7, 11) is 0. The van der Waals surface area contributed by atoms with Crippen LogP contribution in [0.4, 0.5) is 4.79 Å². The van der Waals surface area contributed by atoms with Crippen LogP contribution in [0.1, 0.15) is 38.6 Å². The van der Waals surface area contributed by atoms with E-state index in [0.717, 1.165) is 5.56 Å². The number of aromatic nitrogens is 1. The van der Waals surface area contributed by atoms with Crippen molar-refractivity contribution in [1.82, 2.24) is 15.2 Å². The second-order valence-corrected chi connectivity index (χ2v) is 7.14. The summed E-state index contributed by atoms with van der Waals surface area (Å²) in [4.78, 5) is 30.8. The van der Waals surface area contributed by atoms with Gasteiger partial charge in [0.1, 0.15) is 17.0 Å². The zero-order valence-electron chi connectivity index (χ0n) is 15.0. The molecule has 6 heteroatoms. The van der Waals surface area contributed by atoms with E-state index in [2.05, 4.69) is 10.3 Å². The summed E-state index contributed by atoms with van der Waals surface area (Å²) in [6.45, 7) is 7.74. The highest BCUT2D eigenvalue weighted by atomic mass is 16.4. The molecule has 1 unspecified atom stereocenters. The number of carbonyl (C=O) groups excluding carboxylic acids is 2. The summed E-state index contributed by atoms with van der Waals surface area (Å²) in [5.41, 5.74) is 0.598. The van der Waals surface area contributed by atoms with Gasteiger partial charge in [-0.3, -0.25) is 9.69 Å². The number of amides is 3. The number of rotatable bonds is 5. The van der Waals surface area contributed by atoms with Gasteiger partial charge in [-0.15, -0.1) is 0 Å². The van der Waals surface area contributed by atoms with Gasteiger partial charge in [0.15, 0.2) is 0 Å². The second-order valence-electron chi connectivity index (χ2n) is 7.14. The molecule has 1 atom stereocenters. The van der Waals surface area contributed by atoms with Crippen LogP contribution in [0, 0.1) is 12.8 Å². The molecule has 1 aromatic carbocycles. The summed E-state index contributed by atoms with van der Waals surface area (Å²) in [5.74, 6) is 1.18. The maximum Gasteiger partial charge on any atom is 0.325 e. The molecule has 3 rings (SSSR count). The van der Waals surface area contributed by atoms with Crippen molar-refractivity contribution in [3.05, 3.63) is 41.8 Å². The maximum absolute atomic E-state index is 12.7. The standard InChI is InChI=1S/C19H23N3O3/c1-12(2)10-19(4)17(23)22(18(24)21-19)11-15-13(3)25-16(20-15)14-8-6-5-7-9-14/h5-9,12H,10-11H2,1-4H3,(H,21,24). The molecule has 1 saturated heterocycles. The van der Waals surface area contributed by atoms with Crippen molar-refractivity contribution in [1.29, 1.82) is 0 Å². The Bertz CT molecular complexity index is 798. The van der Waals surface area contributed by atoms with E-state index in [4.69, 9.17) is 4.42 Å². The molecule has 0 bridgehead atoms. The van der Waals surface area contributed by atoms with Gasteiger partial charge in [-0.2, -0.15) is 0 Å². The Morgan fingerprint density at radius 3 is 2.56 bits per heavy atom. The molecular weight excluding hydrogens is 318 g/mol. The van der Waals surface area contributed by atoms with Crippen LogP contribution in [0.3, 0.4) is 0 Å². The van der Waals surface area contributed by atoms with Gasteiger partial charge in [0, 0.05) is 5.56 Å². The van der Waals surface area contributed by atoms with Crippen LogP contribution in [0.25, 0.3) is 11.5 Å². The van der Waals surface area contributed by atoms with E-state index in [9.17, 15) is 9.59 Å². The lowest BCUT2D eigenvalue weighted by Gasteiger charge is -2.23. The van der Waals surface area contributed by atoms with E-state index < -0.39 is 5.54 Å². The van der Waals surface area contributed by atoms with Gasteiger partial charge in [-0.25, -0.2) is 9.78 Å². The fourth-order valence-electron chi connectivity index (χ4n) is 3.27. The number of oxazole rings is 1. The van der Waals surface area contributed by atoms with E-state index in [1.54, 1.807) is 13.8 Å². The quantitative estimate of drug-likeness (QED) is 0.845. The molecule has 132 valence electrons. The number of imide groups is 1. The van der Waals surface area contributed by atoms with Crippen molar-refractivity contribution in [2.24, 2.45) is 5.92 Å². The summed E-state index contributed by atoms with van der Waals surface area (Å²) >= 11 is 0. The Kier molecular flexibility index (Phi) is 4.37. The zero-order chi connectivity index (χ0) is 18.2. The lowest BCUT2D eigenvalue weighted by atomic mass is 9.91. The first-order valence-electron chi connectivity index (χ1n) is 8.46. The Hall–Kier alpha value is -2.63. The van der Waals surface area contributed by atoms with Crippen molar-refractivity contribution >= 4 is 11.9 Å². The third-order valence-corrected chi connectivity index (χ3v) is 4.38. The summed E-state index contributed by atoms with van der Waals surface area (Å²) in [6, 6.07) is 9.16. The van der Waals surface area contributed by atoms with Gasteiger partial charge in [0.05, 0.1) is 6.54 Å². The lowest BCUT2D eigenvalue weighted by Crippen LogP contribution is -2.44. The fraction of sp³-hybridized carbons (Fsp3) is 0.421. The van der Waals surface area contributed by atoms with Crippen LogP contribution in [0.5, 0.6) is 0 Å². The molecule has 1 fully saturated rings. The predicted octanol–water partition coefficient (Wildman–Crippen LogP) is 3.51. The van der Waals surface area contributed by atoms with Crippen LogP contribution in [-0.2, 0) is 11.3 Å². The predicted molar refractivity (Wildman–Crippen MR) is 93.6 cm³/mol. The molecule has 6 nitrogen and oxygen atoms in total. The highest BCUT2D eigenvalue weighted by molar-refractivity contribution is 6.06. The number of hydrogen-bond donors (Lipinski definition) is 1. The van der Waals surface area contributed by atoms with Crippen molar-refractivity contribution in [3.8, 4) is 11.5 Å². The second kappa shape index (κ2) is 6.35. The molecule has 2 aromatic rings. The van der Waals surface area contributed by atoms with Crippen LogP contribution in [0.15, 0.2) is 34.7 Å². The largest absolute Gasteiger partial charge is 0.441 e. The summed E-state index contributed by atoms with van der Waals surface area (Å²) < 4.78 is 5.72. The van der Waals surface area contributed by atoms with Crippen molar-refractivity contribution in [3.63, 3.8) is 0 Å². The van der Waals surface area contributed by atoms with Gasteiger partial charge in [0.2, 0.25) is 5.89 Å². The molecule has 2 heterocycles. The third-order valence-electron chi connectivity index (χ3n) is 4.38. The molecule has 25 heavy (non-hydrogen) atoms. The number of urea groups is 1. The lowest BCUT2D eigenvalue weighted by molar-refractivity contribution is -0.131. The third kappa shape index (κ3) is 3.29. The van der Waals surface area contributed by atoms with Gasteiger partial charge in [-0.05, 0) is 38.3 Å². The maximum atomic E-state index is 12.7. The monoisotopic (exact) mass is 341 g/mol. The first kappa shape index (κ1) is 17.2. The Morgan fingerprint density at radius 2 is 1.92 bits per heavy atom.